The van der Waals surface area contributed by atoms with E-state index in [2.05, 4.69) is 5.32 Å². The number of carbonyl (C=O) groups excluding carboxylic acids is 2. The van der Waals surface area contributed by atoms with E-state index in [1.54, 1.807) is 31.1 Å². The van der Waals surface area contributed by atoms with Crippen molar-refractivity contribution < 1.29 is 14.3 Å². The van der Waals surface area contributed by atoms with Gasteiger partial charge in [-0.15, -0.1) is 0 Å². The topological polar surface area (TPSA) is 58.6 Å². The lowest BCUT2D eigenvalue weighted by Crippen LogP contribution is -2.22. The van der Waals surface area contributed by atoms with Crippen LogP contribution in [0, 0.1) is 0 Å². The van der Waals surface area contributed by atoms with Crippen molar-refractivity contribution >= 4 is 17.5 Å². The number of anilines is 1. The third kappa shape index (κ3) is 5.76. The first-order chi connectivity index (χ1) is 11.5. The molecule has 0 aliphatic heterocycles. The van der Waals surface area contributed by atoms with Gasteiger partial charge in [0.25, 0.3) is 5.91 Å². The fourth-order valence-electron chi connectivity index (χ4n) is 2.14. The van der Waals surface area contributed by atoms with Gasteiger partial charge < -0.3 is 15.0 Å². The summed E-state index contributed by atoms with van der Waals surface area (Å²) in [5, 5.41) is 2.80. The minimum Gasteiger partial charge on any atom is -0.484 e. The maximum absolute atomic E-state index is 12.0. The van der Waals surface area contributed by atoms with Crippen molar-refractivity contribution in [2.45, 2.75) is 12.8 Å². The second kappa shape index (κ2) is 8.72. The normalized spacial score (nSPS) is 10.1. The van der Waals surface area contributed by atoms with E-state index in [-0.39, 0.29) is 18.4 Å². The molecular weight excluding hydrogens is 304 g/mol. The third-order valence-electron chi connectivity index (χ3n) is 3.45. The molecule has 0 atom stereocenters. The van der Waals surface area contributed by atoms with Gasteiger partial charge in [-0.2, -0.15) is 0 Å². The van der Waals surface area contributed by atoms with E-state index in [0.717, 1.165) is 5.56 Å². The van der Waals surface area contributed by atoms with Crippen LogP contribution in [0.2, 0.25) is 0 Å². The van der Waals surface area contributed by atoms with Crippen molar-refractivity contribution in [1.29, 1.82) is 0 Å². The summed E-state index contributed by atoms with van der Waals surface area (Å²) < 4.78 is 5.41. The van der Waals surface area contributed by atoms with Crippen LogP contribution in [-0.4, -0.2) is 37.4 Å². The fraction of sp³-hybridized carbons (Fsp3) is 0.263. The Bertz CT molecular complexity index is 684. The Kier molecular flexibility index (Phi) is 6.37. The molecule has 0 unspecified atom stereocenters. The molecule has 0 aromatic heterocycles. The fourth-order valence-corrected chi connectivity index (χ4v) is 2.14. The Morgan fingerprint density at radius 2 is 1.79 bits per heavy atom. The molecule has 5 nitrogen and oxygen atoms in total. The maximum atomic E-state index is 12.0. The first kappa shape index (κ1) is 17.5. The molecule has 0 radical (unpaired) electrons. The zero-order chi connectivity index (χ0) is 17.4. The van der Waals surface area contributed by atoms with Crippen LogP contribution in [0.25, 0.3) is 0 Å². The average Bonchev–Trinajstić information content (AvgIpc) is 2.59. The molecule has 0 saturated carbocycles. The van der Waals surface area contributed by atoms with Crippen molar-refractivity contribution in [3.8, 4) is 5.75 Å². The number of para-hydroxylation sites is 1. The Labute approximate surface area is 142 Å². The molecule has 2 aromatic carbocycles. The lowest BCUT2D eigenvalue weighted by molar-refractivity contribution is -0.128. The van der Waals surface area contributed by atoms with Crippen LogP contribution in [0.1, 0.15) is 12.0 Å². The van der Waals surface area contributed by atoms with Crippen LogP contribution < -0.4 is 10.1 Å². The summed E-state index contributed by atoms with van der Waals surface area (Å²) in [6.45, 7) is -0.0483. The van der Waals surface area contributed by atoms with E-state index in [9.17, 15) is 9.59 Å². The van der Waals surface area contributed by atoms with Crippen molar-refractivity contribution in [2.24, 2.45) is 0 Å². The summed E-state index contributed by atoms with van der Waals surface area (Å²) in [6, 6.07) is 16.7. The van der Waals surface area contributed by atoms with Gasteiger partial charge >= 0.3 is 0 Å². The molecule has 0 fully saturated rings. The highest BCUT2D eigenvalue weighted by atomic mass is 16.5. The zero-order valence-electron chi connectivity index (χ0n) is 14.0. The lowest BCUT2D eigenvalue weighted by atomic mass is 10.1. The third-order valence-corrected chi connectivity index (χ3v) is 3.45. The number of aryl methyl sites for hydroxylation is 1. The number of hydrogen-bond donors (Lipinski definition) is 1. The first-order valence-corrected chi connectivity index (χ1v) is 7.81. The van der Waals surface area contributed by atoms with Gasteiger partial charge in [0, 0.05) is 26.2 Å². The quantitative estimate of drug-likeness (QED) is 0.851. The van der Waals surface area contributed by atoms with E-state index in [4.69, 9.17) is 4.74 Å². The van der Waals surface area contributed by atoms with Crippen LogP contribution in [0.4, 0.5) is 5.69 Å². The van der Waals surface area contributed by atoms with Gasteiger partial charge in [0.05, 0.1) is 0 Å². The Morgan fingerprint density at radius 1 is 1.04 bits per heavy atom. The van der Waals surface area contributed by atoms with Crippen LogP contribution in [-0.2, 0) is 16.0 Å². The number of nitrogens with zero attached hydrogens (tertiary/aromatic N) is 1. The number of amides is 2. The number of benzene rings is 2. The molecule has 2 amide bonds. The first-order valence-electron chi connectivity index (χ1n) is 7.81. The number of rotatable bonds is 7. The summed E-state index contributed by atoms with van der Waals surface area (Å²) >= 11 is 0. The summed E-state index contributed by atoms with van der Waals surface area (Å²) in [6.07, 6.45) is 1.09. The number of hydrogen-bond acceptors (Lipinski definition) is 3. The van der Waals surface area contributed by atoms with Crippen molar-refractivity contribution in [3.05, 3.63) is 60.2 Å². The van der Waals surface area contributed by atoms with Gasteiger partial charge in [-0.25, -0.2) is 0 Å². The molecule has 2 aromatic rings. The van der Waals surface area contributed by atoms with E-state index in [0.29, 0.717) is 24.3 Å². The Hall–Kier alpha value is -2.82. The van der Waals surface area contributed by atoms with Crippen LogP contribution in [0.15, 0.2) is 54.6 Å². The van der Waals surface area contributed by atoms with E-state index >= 15 is 0 Å². The van der Waals surface area contributed by atoms with Crippen molar-refractivity contribution in [3.63, 3.8) is 0 Å². The van der Waals surface area contributed by atoms with Gasteiger partial charge in [-0.3, -0.25) is 9.59 Å². The SMILES string of the molecule is CN(C)C(=O)CCc1cccc(NC(=O)COc2ccccc2)c1. The number of carbonyl (C=O) groups is 2. The van der Waals surface area contributed by atoms with E-state index < -0.39 is 0 Å². The Balaban J connectivity index is 1.84. The molecule has 0 heterocycles. The van der Waals surface area contributed by atoms with Gasteiger partial charge in [0.2, 0.25) is 5.91 Å². The average molecular weight is 326 g/mol. The molecule has 1 N–H and O–H groups in total. The van der Waals surface area contributed by atoms with E-state index in [1.165, 1.54) is 0 Å². The molecular formula is C19H22N2O3. The standard InChI is InChI=1S/C19H22N2O3/c1-21(2)19(23)12-11-15-7-6-8-16(13-15)20-18(22)14-24-17-9-4-3-5-10-17/h3-10,13H,11-12,14H2,1-2H3,(H,20,22). The Morgan fingerprint density at radius 3 is 2.50 bits per heavy atom. The molecule has 5 heteroatoms. The predicted molar refractivity (Wildman–Crippen MR) is 94.0 cm³/mol. The number of nitrogens with one attached hydrogen (secondary N) is 1. The minimum atomic E-state index is -0.222. The lowest BCUT2D eigenvalue weighted by Gasteiger charge is -2.11. The molecule has 0 aliphatic rings. The summed E-state index contributed by atoms with van der Waals surface area (Å²) in [5.41, 5.74) is 1.71. The number of ether oxygens (including phenoxy) is 1. The largest absolute Gasteiger partial charge is 0.484 e. The highest BCUT2D eigenvalue weighted by Gasteiger charge is 2.07. The zero-order valence-corrected chi connectivity index (χ0v) is 14.0. The second-order valence-corrected chi connectivity index (χ2v) is 5.64. The van der Waals surface area contributed by atoms with E-state index in [1.807, 2.05) is 42.5 Å². The minimum absolute atomic E-state index is 0.0483. The molecule has 24 heavy (non-hydrogen) atoms. The predicted octanol–water partition coefficient (Wildman–Crippen LogP) is 2.72. The van der Waals surface area contributed by atoms with Crippen LogP contribution in [0.5, 0.6) is 5.75 Å². The molecule has 126 valence electrons. The maximum Gasteiger partial charge on any atom is 0.262 e. The molecule has 0 aliphatic carbocycles. The van der Waals surface area contributed by atoms with Gasteiger partial charge in [0.15, 0.2) is 6.61 Å². The molecule has 0 saturated heterocycles. The second-order valence-electron chi connectivity index (χ2n) is 5.64. The molecule has 0 bridgehead atoms. The van der Waals surface area contributed by atoms with Crippen molar-refractivity contribution in [1.82, 2.24) is 4.90 Å². The van der Waals surface area contributed by atoms with Crippen LogP contribution >= 0.6 is 0 Å². The molecule has 0 spiro atoms. The van der Waals surface area contributed by atoms with Crippen LogP contribution in [0.3, 0.4) is 0 Å². The van der Waals surface area contributed by atoms with Gasteiger partial charge in [-0.05, 0) is 36.2 Å². The molecule has 2 rings (SSSR count). The van der Waals surface area contributed by atoms with Gasteiger partial charge in [0.1, 0.15) is 5.75 Å². The monoisotopic (exact) mass is 326 g/mol. The highest BCUT2D eigenvalue weighted by molar-refractivity contribution is 5.91. The van der Waals surface area contributed by atoms with Gasteiger partial charge in [-0.1, -0.05) is 30.3 Å². The van der Waals surface area contributed by atoms with Crippen molar-refractivity contribution in [2.75, 3.05) is 26.0 Å². The summed E-state index contributed by atoms with van der Waals surface area (Å²) in [5.74, 6) is 0.518. The summed E-state index contributed by atoms with van der Waals surface area (Å²) in [4.78, 5) is 25.2. The highest BCUT2D eigenvalue weighted by Crippen LogP contribution is 2.13. The summed E-state index contributed by atoms with van der Waals surface area (Å²) in [7, 11) is 3.48. The smallest absolute Gasteiger partial charge is 0.262 e.